The van der Waals surface area contributed by atoms with Gasteiger partial charge in [0, 0.05) is 7.11 Å². The number of ether oxygens (including phenoxy) is 2. The van der Waals surface area contributed by atoms with E-state index in [0.29, 0.717) is 6.29 Å². The zero-order valence-corrected chi connectivity index (χ0v) is 8.10. The lowest BCUT2D eigenvalue weighted by Gasteiger charge is -2.29. The Hall–Kier alpha value is -1.42. The van der Waals surface area contributed by atoms with Crippen LogP contribution in [0.5, 0.6) is 0 Å². The maximum absolute atomic E-state index is 11.4. The number of hydrogen-bond donors (Lipinski definition) is 0. The van der Waals surface area contributed by atoms with Crippen molar-refractivity contribution in [1.29, 1.82) is 0 Å². The Morgan fingerprint density at radius 1 is 1.43 bits per heavy atom. The topological polar surface area (TPSA) is 52.6 Å². The lowest BCUT2D eigenvalue weighted by atomic mass is 9.85. The van der Waals surface area contributed by atoms with Gasteiger partial charge < -0.3 is 9.47 Å². The molecule has 14 heavy (non-hydrogen) atoms. The lowest BCUT2D eigenvalue weighted by Crippen LogP contribution is -2.44. The molecule has 0 aromatic rings. The van der Waals surface area contributed by atoms with Crippen LogP contribution in [-0.4, -0.2) is 32.1 Å². The van der Waals surface area contributed by atoms with Gasteiger partial charge in [0.25, 0.3) is 0 Å². The number of esters is 1. The van der Waals surface area contributed by atoms with Gasteiger partial charge in [0.05, 0.1) is 7.11 Å². The van der Waals surface area contributed by atoms with Crippen LogP contribution in [0.3, 0.4) is 0 Å². The van der Waals surface area contributed by atoms with E-state index in [1.165, 1.54) is 14.2 Å². The number of rotatable bonds is 3. The number of aldehydes is 1. The maximum atomic E-state index is 11.4. The van der Waals surface area contributed by atoms with Crippen LogP contribution in [0, 0.1) is 5.92 Å². The molecule has 0 bridgehead atoms. The highest BCUT2D eigenvalue weighted by Gasteiger charge is 2.41. The van der Waals surface area contributed by atoms with Crippen LogP contribution >= 0.6 is 0 Å². The molecule has 0 amide bonds. The van der Waals surface area contributed by atoms with E-state index in [4.69, 9.17) is 4.74 Å². The van der Waals surface area contributed by atoms with Crippen LogP contribution in [0.25, 0.3) is 0 Å². The molecule has 0 N–H and O–H groups in total. The van der Waals surface area contributed by atoms with Crippen LogP contribution in [0.1, 0.15) is 0 Å². The summed E-state index contributed by atoms with van der Waals surface area (Å²) in [6.45, 7) is 0. The summed E-state index contributed by atoms with van der Waals surface area (Å²) in [5.41, 5.74) is -1.22. The predicted octanol–water partition coefficient (Wildman–Crippen LogP) is 0.486. The molecule has 4 heteroatoms. The summed E-state index contributed by atoms with van der Waals surface area (Å²) in [4.78, 5) is 22.3. The Balaban J connectivity index is 3.02. The molecule has 1 aliphatic carbocycles. The fourth-order valence-electron chi connectivity index (χ4n) is 1.38. The van der Waals surface area contributed by atoms with E-state index in [-0.39, 0.29) is 0 Å². The van der Waals surface area contributed by atoms with Crippen molar-refractivity contribution in [1.82, 2.24) is 0 Å². The van der Waals surface area contributed by atoms with Gasteiger partial charge in [-0.25, -0.2) is 0 Å². The van der Waals surface area contributed by atoms with Crippen LogP contribution in [0.2, 0.25) is 0 Å². The molecule has 0 saturated carbocycles. The molecule has 0 fully saturated rings. The predicted molar refractivity (Wildman–Crippen MR) is 49.6 cm³/mol. The second kappa shape index (κ2) is 4.19. The van der Waals surface area contributed by atoms with Crippen LogP contribution in [0.4, 0.5) is 0 Å². The van der Waals surface area contributed by atoms with Crippen LogP contribution in [0.15, 0.2) is 24.3 Å². The maximum Gasteiger partial charge on any atom is 0.316 e. The fraction of sp³-hybridized carbons (Fsp3) is 0.400. The van der Waals surface area contributed by atoms with Gasteiger partial charge in [-0.2, -0.15) is 0 Å². The van der Waals surface area contributed by atoms with Crippen molar-refractivity contribution in [3.05, 3.63) is 24.3 Å². The molecule has 2 atom stereocenters. The molecule has 0 heterocycles. The Morgan fingerprint density at radius 3 is 2.64 bits per heavy atom. The first-order valence-electron chi connectivity index (χ1n) is 4.15. The zero-order chi connectivity index (χ0) is 10.6. The summed E-state index contributed by atoms with van der Waals surface area (Å²) in [5.74, 6) is -1.19. The van der Waals surface area contributed by atoms with Crippen molar-refractivity contribution in [3.8, 4) is 0 Å². The Morgan fingerprint density at radius 2 is 2.14 bits per heavy atom. The van der Waals surface area contributed by atoms with Crippen molar-refractivity contribution in [2.45, 2.75) is 5.60 Å². The van der Waals surface area contributed by atoms with Gasteiger partial charge in [0.15, 0.2) is 11.9 Å². The summed E-state index contributed by atoms with van der Waals surface area (Å²) in [5, 5.41) is 0. The number of carbonyl (C=O) groups excluding carboxylic acids is 2. The Kier molecular flexibility index (Phi) is 3.19. The highest BCUT2D eigenvalue weighted by molar-refractivity contribution is 5.84. The fourth-order valence-corrected chi connectivity index (χ4v) is 1.38. The molecule has 0 aromatic heterocycles. The molecular formula is C10H12O4. The highest BCUT2D eigenvalue weighted by Crippen LogP contribution is 2.27. The number of allylic oxidation sites excluding steroid dienone is 2. The summed E-state index contributed by atoms with van der Waals surface area (Å²) in [7, 11) is 2.66. The van der Waals surface area contributed by atoms with Crippen molar-refractivity contribution in [2.24, 2.45) is 5.92 Å². The molecule has 4 nitrogen and oxygen atoms in total. The van der Waals surface area contributed by atoms with E-state index in [1.54, 1.807) is 24.3 Å². The van der Waals surface area contributed by atoms with E-state index in [1.807, 2.05) is 0 Å². The Labute approximate surface area is 82.2 Å². The van der Waals surface area contributed by atoms with Gasteiger partial charge in [-0.05, 0) is 6.08 Å². The van der Waals surface area contributed by atoms with Crippen LogP contribution < -0.4 is 0 Å². The average molecular weight is 196 g/mol. The van der Waals surface area contributed by atoms with Gasteiger partial charge in [-0.15, -0.1) is 0 Å². The van der Waals surface area contributed by atoms with E-state index in [2.05, 4.69) is 4.74 Å². The smallest absolute Gasteiger partial charge is 0.316 e. The van der Waals surface area contributed by atoms with Gasteiger partial charge in [-0.1, -0.05) is 18.2 Å². The summed E-state index contributed by atoms with van der Waals surface area (Å²) >= 11 is 0. The zero-order valence-electron chi connectivity index (χ0n) is 8.10. The van der Waals surface area contributed by atoms with E-state index >= 15 is 0 Å². The first-order chi connectivity index (χ1) is 6.70. The second-order valence-corrected chi connectivity index (χ2v) is 2.92. The number of carbonyl (C=O) groups is 2. The third-order valence-corrected chi connectivity index (χ3v) is 2.25. The van der Waals surface area contributed by atoms with E-state index in [9.17, 15) is 9.59 Å². The molecule has 0 saturated heterocycles. The van der Waals surface area contributed by atoms with Crippen molar-refractivity contribution in [2.75, 3.05) is 14.2 Å². The third-order valence-electron chi connectivity index (χ3n) is 2.25. The monoisotopic (exact) mass is 196 g/mol. The lowest BCUT2D eigenvalue weighted by molar-refractivity contribution is -0.154. The molecular weight excluding hydrogens is 184 g/mol. The normalized spacial score (nSPS) is 30.0. The molecule has 0 aromatic carbocycles. The number of hydrogen-bond acceptors (Lipinski definition) is 4. The largest absolute Gasteiger partial charge is 0.468 e. The summed E-state index contributed by atoms with van der Waals surface area (Å²) in [6.07, 6.45) is 7.08. The Bertz CT molecular complexity index is 292. The molecule has 0 radical (unpaired) electrons. The molecule has 0 spiro atoms. The third kappa shape index (κ3) is 1.61. The minimum atomic E-state index is -1.22. The molecule has 2 unspecified atom stereocenters. The van der Waals surface area contributed by atoms with Gasteiger partial charge in [0.2, 0.25) is 0 Å². The first-order valence-corrected chi connectivity index (χ1v) is 4.15. The molecule has 76 valence electrons. The average Bonchev–Trinajstić information content (AvgIpc) is 2.27. The van der Waals surface area contributed by atoms with Crippen molar-refractivity contribution >= 4 is 12.3 Å². The van der Waals surface area contributed by atoms with Crippen LogP contribution in [-0.2, 0) is 19.1 Å². The van der Waals surface area contributed by atoms with Crippen molar-refractivity contribution < 1.29 is 19.1 Å². The quantitative estimate of drug-likeness (QED) is 0.487. The van der Waals surface area contributed by atoms with Crippen molar-refractivity contribution in [3.63, 3.8) is 0 Å². The first kappa shape index (κ1) is 10.7. The summed E-state index contributed by atoms with van der Waals surface area (Å²) in [6, 6.07) is 0. The highest BCUT2D eigenvalue weighted by atomic mass is 16.5. The second-order valence-electron chi connectivity index (χ2n) is 2.92. The van der Waals surface area contributed by atoms with Gasteiger partial charge >= 0.3 is 5.97 Å². The van der Waals surface area contributed by atoms with Gasteiger partial charge in [-0.3, -0.25) is 9.59 Å². The molecule has 1 aliphatic rings. The minimum absolute atomic E-state index is 0.487. The number of methoxy groups -OCH3 is 2. The van der Waals surface area contributed by atoms with E-state index < -0.39 is 17.5 Å². The van der Waals surface area contributed by atoms with E-state index in [0.717, 1.165) is 0 Å². The molecule has 1 rings (SSSR count). The SMILES string of the molecule is COC(=O)C1C=CC=CC1(C=O)OC. The standard InChI is InChI=1S/C10H12O4/c1-13-9(12)8-5-3-4-6-10(8,7-11)14-2/h3-8H,1-2H3. The molecule has 0 aliphatic heterocycles. The van der Waals surface area contributed by atoms with Gasteiger partial charge in [0.1, 0.15) is 5.92 Å². The summed E-state index contributed by atoms with van der Waals surface area (Å²) < 4.78 is 9.64. The minimum Gasteiger partial charge on any atom is -0.468 e.